The summed E-state index contributed by atoms with van der Waals surface area (Å²) in [5, 5.41) is 13.2. The van der Waals surface area contributed by atoms with Gasteiger partial charge in [0.2, 0.25) is 5.72 Å². The van der Waals surface area contributed by atoms with E-state index >= 15 is 0 Å². The fraction of sp³-hybridized carbons (Fsp3) is 0.600. The van der Waals surface area contributed by atoms with E-state index in [0.717, 1.165) is 38.1 Å². The number of hydrogen-bond acceptors (Lipinski definition) is 10. The Balaban J connectivity index is 2.71. The van der Waals surface area contributed by atoms with Gasteiger partial charge < -0.3 is 29.4 Å². The summed E-state index contributed by atoms with van der Waals surface area (Å²) in [5.74, 6) is -5.36. The number of esters is 3. The third kappa shape index (κ3) is 8.32. The summed E-state index contributed by atoms with van der Waals surface area (Å²) in [5.41, 5.74) is -3.66. The minimum atomic E-state index is -5.45. The van der Waals surface area contributed by atoms with E-state index < -0.39 is 66.1 Å². The fourth-order valence-electron chi connectivity index (χ4n) is 3.73. The molecule has 0 bridgehead atoms. The first-order chi connectivity index (χ1) is 17.8. The number of aryl methyl sites for hydroxylation is 1. The van der Waals surface area contributed by atoms with Crippen LogP contribution in [0.15, 0.2) is 23.1 Å². The molecule has 1 amide bonds. The highest BCUT2D eigenvalue weighted by molar-refractivity contribution is 8.00. The highest BCUT2D eigenvalue weighted by atomic mass is 32.2. The molecule has 1 saturated heterocycles. The molecule has 2 N–H and O–H groups in total. The lowest BCUT2D eigenvalue weighted by molar-refractivity contribution is -0.274. The van der Waals surface area contributed by atoms with E-state index in [2.05, 4.69) is 0 Å². The van der Waals surface area contributed by atoms with Crippen molar-refractivity contribution in [3.05, 3.63) is 29.3 Å². The molecule has 1 heterocycles. The molecular formula is C25H32F3NO9S. The van der Waals surface area contributed by atoms with Crippen LogP contribution in [0.4, 0.5) is 13.2 Å². The molecule has 1 aliphatic heterocycles. The Kier molecular flexibility index (Phi) is 10.1. The Morgan fingerprint density at radius 2 is 1.64 bits per heavy atom. The quantitative estimate of drug-likeness (QED) is 0.282. The number of halogens is 3. The summed E-state index contributed by atoms with van der Waals surface area (Å²) in [6.07, 6.45) is -10.7. The van der Waals surface area contributed by atoms with Gasteiger partial charge in [-0.05, 0) is 29.5 Å². The summed E-state index contributed by atoms with van der Waals surface area (Å²) in [6, 6.07) is 5.37. The molecule has 5 atom stereocenters. The largest absolute Gasteiger partial charge is 0.471 e. The lowest BCUT2D eigenvalue weighted by Crippen LogP contribution is -2.74. The van der Waals surface area contributed by atoms with Gasteiger partial charge in [0, 0.05) is 25.7 Å². The molecule has 10 nitrogen and oxygen atoms in total. The molecule has 2 rings (SSSR count). The number of aliphatic hydroxyl groups is 1. The van der Waals surface area contributed by atoms with Gasteiger partial charge in [-0.25, -0.2) is 0 Å². The number of thioether (sulfide) groups is 1. The van der Waals surface area contributed by atoms with Crippen molar-refractivity contribution >= 4 is 35.6 Å². The molecule has 0 aliphatic carbocycles. The van der Waals surface area contributed by atoms with Crippen LogP contribution < -0.4 is 5.32 Å². The molecule has 1 fully saturated rings. The molecule has 1 aromatic carbocycles. The van der Waals surface area contributed by atoms with Crippen molar-refractivity contribution < 1.29 is 56.4 Å². The summed E-state index contributed by atoms with van der Waals surface area (Å²) < 4.78 is 61.2. The van der Waals surface area contributed by atoms with Crippen molar-refractivity contribution in [3.63, 3.8) is 0 Å². The maximum atomic E-state index is 13.3. The molecule has 1 aromatic rings. The molecule has 0 radical (unpaired) electrons. The molecule has 218 valence electrons. The molecule has 0 aromatic heterocycles. The zero-order chi connectivity index (χ0) is 29.9. The number of carbonyl (C=O) groups excluding carboxylic acids is 4. The van der Waals surface area contributed by atoms with Gasteiger partial charge in [-0.3, -0.25) is 19.2 Å². The molecular weight excluding hydrogens is 547 g/mol. The highest BCUT2D eigenvalue weighted by Crippen LogP contribution is 2.43. The van der Waals surface area contributed by atoms with Crippen LogP contribution in [0.3, 0.4) is 0 Å². The maximum absolute atomic E-state index is 13.3. The molecule has 1 aliphatic rings. The number of rotatable bonds is 7. The number of nitrogens with one attached hydrogen (secondary N) is 1. The van der Waals surface area contributed by atoms with Gasteiger partial charge in [0.25, 0.3) is 0 Å². The Morgan fingerprint density at radius 1 is 1.05 bits per heavy atom. The van der Waals surface area contributed by atoms with Crippen molar-refractivity contribution in [2.24, 2.45) is 0 Å². The van der Waals surface area contributed by atoms with Gasteiger partial charge in [0.1, 0.15) is 12.7 Å². The Morgan fingerprint density at radius 3 is 2.13 bits per heavy atom. The van der Waals surface area contributed by atoms with Crippen LogP contribution in [0.25, 0.3) is 0 Å². The van der Waals surface area contributed by atoms with Crippen molar-refractivity contribution in [3.8, 4) is 0 Å². The van der Waals surface area contributed by atoms with Crippen LogP contribution in [-0.4, -0.2) is 71.2 Å². The van der Waals surface area contributed by atoms with Crippen molar-refractivity contribution in [1.82, 2.24) is 5.32 Å². The summed E-state index contributed by atoms with van der Waals surface area (Å²) in [4.78, 5) is 47.9. The van der Waals surface area contributed by atoms with Gasteiger partial charge in [-0.1, -0.05) is 44.7 Å². The van der Waals surface area contributed by atoms with E-state index in [1.165, 1.54) is 5.32 Å². The first kappa shape index (κ1) is 32.4. The molecule has 0 saturated carbocycles. The molecule has 0 spiro atoms. The number of hydrogen-bond donors (Lipinski definition) is 2. The summed E-state index contributed by atoms with van der Waals surface area (Å²) >= 11 is 0.744. The Labute approximate surface area is 227 Å². The van der Waals surface area contributed by atoms with E-state index in [0.29, 0.717) is 10.5 Å². The van der Waals surface area contributed by atoms with Gasteiger partial charge in [-0.15, -0.1) is 0 Å². The van der Waals surface area contributed by atoms with E-state index in [1.54, 1.807) is 19.1 Å². The normalized spacial score (nSPS) is 25.4. The predicted octanol–water partition coefficient (Wildman–Crippen LogP) is 2.90. The smallest absolute Gasteiger partial charge is 0.463 e. The maximum Gasteiger partial charge on any atom is 0.471 e. The average molecular weight is 580 g/mol. The van der Waals surface area contributed by atoms with Crippen molar-refractivity contribution in [1.29, 1.82) is 0 Å². The fourth-order valence-corrected chi connectivity index (χ4v) is 4.98. The Hall–Kier alpha value is -2.84. The summed E-state index contributed by atoms with van der Waals surface area (Å²) in [7, 11) is 0. The third-order valence-corrected chi connectivity index (χ3v) is 7.04. The van der Waals surface area contributed by atoms with E-state index in [9.17, 15) is 37.5 Å². The number of carbonyl (C=O) groups is 4. The lowest BCUT2D eigenvalue weighted by atomic mass is 9.87. The standard InChI is InChI=1S/C25H32F3NO9S/c1-12-8-9-16(23(5,6)7)10-18(12)39-22-24(34,29-21(33)25(26,27)28)20(37-15(4)32)19(36-14(3)31)17(38-22)11-35-13(2)30/h8-10,17,19-20,22,34H,11H2,1-7H3,(H,29,33)/t17-,19-,20+,22+,24-/m1/s1. The highest BCUT2D eigenvalue weighted by Gasteiger charge is 2.62. The van der Waals surface area contributed by atoms with E-state index in [1.807, 2.05) is 26.8 Å². The molecule has 0 unspecified atom stereocenters. The van der Waals surface area contributed by atoms with E-state index in [4.69, 9.17) is 18.9 Å². The second kappa shape index (κ2) is 12.1. The van der Waals surface area contributed by atoms with Gasteiger partial charge in [0.05, 0.1) is 0 Å². The monoisotopic (exact) mass is 579 g/mol. The zero-order valence-electron chi connectivity index (χ0n) is 22.5. The van der Waals surface area contributed by atoms with Gasteiger partial charge in [-0.2, -0.15) is 13.2 Å². The predicted molar refractivity (Wildman–Crippen MR) is 131 cm³/mol. The van der Waals surface area contributed by atoms with Crippen LogP contribution in [0.5, 0.6) is 0 Å². The SMILES string of the molecule is CC(=O)OC[C@H]1O[C@@H](Sc2cc(C(C)(C)C)ccc2C)[C@@](O)(NC(=O)C(F)(F)F)[C@@H](OC(C)=O)[C@@H]1OC(C)=O. The minimum absolute atomic E-state index is 0.324. The molecule has 39 heavy (non-hydrogen) atoms. The molecule has 14 heteroatoms. The lowest BCUT2D eigenvalue weighted by Gasteiger charge is -2.49. The average Bonchev–Trinajstić information content (AvgIpc) is 2.76. The van der Waals surface area contributed by atoms with Crippen LogP contribution in [0.2, 0.25) is 0 Å². The first-order valence-corrected chi connectivity index (χ1v) is 12.7. The second-order valence-corrected chi connectivity index (χ2v) is 11.1. The van der Waals surface area contributed by atoms with E-state index in [-0.39, 0.29) is 5.41 Å². The number of ether oxygens (including phenoxy) is 4. The topological polar surface area (TPSA) is 137 Å². The number of alkyl halides is 3. The summed E-state index contributed by atoms with van der Waals surface area (Å²) in [6.45, 7) is 9.92. The first-order valence-electron chi connectivity index (χ1n) is 11.8. The minimum Gasteiger partial charge on any atom is -0.463 e. The number of benzene rings is 1. The van der Waals surface area contributed by atoms with Crippen LogP contribution >= 0.6 is 11.8 Å². The van der Waals surface area contributed by atoms with Gasteiger partial charge in [0.15, 0.2) is 17.6 Å². The van der Waals surface area contributed by atoms with Crippen LogP contribution in [-0.2, 0) is 43.5 Å². The number of amides is 1. The Bertz CT molecular complexity index is 1110. The van der Waals surface area contributed by atoms with Gasteiger partial charge >= 0.3 is 30.0 Å². The zero-order valence-corrected chi connectivity index (χ0v) is 23.3. The second-order valence-electron chi connectivity index (χ2n) is 10.0. The van der Waals surface area contributed by atoms with Crippen LogP contribution in [0.1, 0.15) is 52.7 Å². The third-order valence-electron chi connectivity index (χ3n) is 5.66. The van der Waals surface area contributed by atoms with Crippen LogP contribution in [0, 0.1) is 6.92 Å². The van der Waals surface area contributed by atoms with Crippen molar-refractivity contribution in [2.45, 2.75) is 94.4 Å². The van der Waals surface area contributed by atoms with Crippen molar-refractivity contribution in [2.75, 3.05) is 6.61 Å².